The van der Waals surface area contributed by atoms with Crippen molar-refractivity contribution >= 4 is 21.8 Å². The molecule has 0 saturated carbocycles. The van der Waals surface area contributed by atoms with Crippen molar-refractivity contribution < 1.29 is 19.0 Å². The number of piperidine rings is 1. The van der Waals surface area contributed by atoms with Gasteiger partial charge in [0.1, 0.15) is 6.10 Å². The van der Waals surface area contributed by atoms with Gasteiger partial charge in [0.05, 0.1) is 17.4 Å². The number of likely N-dealkylation sites (tertiary alicyclic amines) is 1. The van der Waals surface area contributed by atoms with Crippen molar-refractivity contribution in [2.45, 2.75) is 25.4 Å². The summed E-state index contributed by atoms with van der Waals surface area (Å²) in [6.07, 6.45) is 5.31. The molecule has 8 heteroatoms. The van der Waals surface area contributed by atoms with Crippen LogP contribution in [-0.4, -0.2) is 46.8 Å². The van der Waals surface area contributed by atoms with Crippen LogP contribution in [0.4, 0.5) is 0 Å². The second-order valence-electron chi connectivity index (χ2n) is 6.27. The highest BCUT2D eigenvalue weighted by Gasteiger charge is 2.26. The first-order chi connectivity index (χ1) is 12.7. The van der Waals surface area contributed by atoms with E-state index in [1.165, 1.54) is 0 Å². The molecule has 0 bridgehead atoms. The number of ether oxygens (including phenoxy) is 3. The zero-order valence-electron chi connectivity index (χ0n) is 14.1. The molecule has 0 radical (unpaired) electrons. The number of rotatable bonds is 4. The molecular formula is C18H18BrN3O4. The van der Waals surface area contributed by atoms with E-state index in [0.29, 0.717) is 24.7 Å². The van der Waals surface area contributed by atoms with Gasteiger partial charge in [-0.3, -0.25) is 4.79 Å². The Morgan fingerprint density at radius 2 is 2.08 bits per heavy atom. The van der Waals surface area contributed by atoms with Crippen molar-refractivity contribution in [2.75, 3.05) is 19.9 Å². The van der Waals surface area contributed by atoms with E-state index in [1.54, 1.807) is 12.4 Å². The van der Waals surface area contributed by atoms with Crippen LogP contribution in [0.1, 0.15) is 18.4 Å². The van der Waals surface area contributed by atoms with Crippen LogP contribution in [0.5, 0.6) is 17.5 Å². The molecule has 1 unspecified atom stereocenters. The standard InChI is InChI=1S/C18H18BrN3O4/c19-13-8-20-18(21-9-13)26-14-2-1-5-22(10-14)17(23)7-12-3-4-15-16(6-12)25-11-24-15/h3-4,6,8-9,14H,1-2,5,7,10-11H2. The van der Waals surface area contributed by atoms with Gasteiger partial charge >= 0.3 is 6.01 Å². The van der Waals surface area contributed by atoms with E-state index < -0.39 is 0 Å². The van der Waals surface area contributed by atoms with Crippen molar-refractivity contribution in [3.8, 4) is 17.5 Å². The molecule has 26 heavy (non-hydrogen) atoms. The number of hydrogen-bond donors (Lipinski definition) is 0. The first-order valence-corrected chi connectivity index (χ1v) is 9.27. The Kier molecular flexibility index (Phi) is 4.92. The largest absolute Gasteiger partial charge is 0.458 e. The van der Waals surface area contributed by atoms with Crippen molar-refractivity contribution in [3.05, 3.63) is 40.6 Å². The van der Waals surface area contributed by atoms with Gasteiger partial charge in [-0.2, -0.15) is 0 Å². The molecule has 1 aromatic carbocycles. The van der Waals surface area contributed by atoms with Gasteiger partial charge in [0.25, 0.3) is 0 Å². The predicted octanol–water partition coefficient (Wildman–Crippen LogP) is 2.58. The number of carbonyl (C=O) groups excluding carboxylic acids is 1. The maximum atomic E-state index is 12.7. The molecule has 0 spiro atoms. The summed E-state index contributed by atoms with van der Waals surface area (Å²) in [7, 11) is 0. The maximum absolute atomic E-state index is 12.7. The molecule has 1 atom stereocenters. The molecule has 4 rings (SSSR count). The Labute approximate surface area is 159 Å². The SMILES string of the molecule is O=C(Cc1ccc2c(c1)OCO2)N1CCCC(Oc2ncc(Br)cn2)C1. The van der Waals surface area contributed by atoms with Crippen molar-refractivity contribution in [3.63, 3.8) is 0 Å². The van der Waals surface area contributed by atoms with Crippen LogP contribution in [0, 0.1) is 0 Å². The monoisotopic (exact) mass is 419 g/mol. The van der Waals surface area contributed by atoms with Gasteiger partial charge < -0.3 is 19.1 Å². The quantitative estimate of drug-likeness (QED) is 0.757. The van der Waals surface area contributed by atoms with Gasteiger partial charge in [-0.05, 0) is 46.5 Å². The van der Waals surface area contributed by atoms with Gasteiger partial charge in [0, 0.05) is 18.9 Å². The number of halogens is 1. The number of hydrogen-bond acceptors (Lipinski definition) is 6. The normalized spacial score (nSPS) is 18.7. The molecule has 0 aliphatic carbocycles. The number of fused-ring (bicyclic) bond motifs is 1. The molecule has 136 valence electrons. The summed E-state index contributed by atoms with van der Waals surface area (Å²) in [5.41, 5.74) is 0.915. The molecule has 2 aliphatic rings. The number of nitrogens with zero attached hydrogens (tertiary/aromatic N) is 3. The van der Waals surface area contributed by atoms with E-state index in [2.05, 4.69) is 25.9 Å². The Morgan fingerprint density at radius 3 is 2.92 bits per heavy atom. The summed E-state index contributed by atoms with van der Waals surface area (Å²) in [6.45, 7) is 1.52. The van der Waals surface area contributed by atoms with Crippen LogP contribution < -0.4 is 14.2 Å². The number of benzene rings is 1. The van der Waals surface area contributed by atoms with Crippen LogP contribution >= 0.6 is 15.9 Å². The van der Waals surface area contributed by atoms with Gasteiger partial charge in [0.15, 0.2) is 11.5 Å². The van der Waals surface area contributed by atoms with Crippen LogP contribution in [-0.2, 0) is 11.2 Å². The summed E-state index contributed by atoms with van der Waals surface area (Å²) in [4.78, 5) is 22.8. The average molecular weight is 420 g/mol. The number of carbonyl (C=O) groups is 1. The molecule has 1 amide bonds. The molecular weight excluding hydrogens is 402 g/mol. The molecule has 7 nitrogen and oxygen atoms in total. The zero-order chi connectivity index (χ0) is 17.9. The van der Waals surface area contributed by atoms with Gasteiger partial charge in [-0.15, -0.1) is 0 Å². The highest BCUT2D eigenvalue weighted by Crippen LogP contribution is 2.32. The van der Waals surface area contributed by atoms with Gasteiger partial charge in [0.2, 0.25) is 12.7 Å². The van der Waals surface area contributed by atoms with E-state index in [-0.39, 0.29) is 18.8 Å². The van der Waals surface area contributed by atoms with Gasteiger partial charge in [-0.1, -0.05) is 6.07 Å². The summed E-state index contributed by atoms with van der Waals surface area (Å²) in [5.74, 6) is 1.50. The fourth-order valence-electron chi connectivity index (χ4n) is 3.11. The highest BCUT2D eigenvalue weighted by atomic mass is 79.9. The molecule has 1 aromatic heterocycles. The lowest BCUT2D eigenvalue weighted by Gasteiger charge is -2.32. The molecule has 2 aromatic rings. The number of aromatic nitrogens is 2. The van der Waals surface area contributed by atoms with Crippen molar-refractivity contribution in [1.82, 2.24) is 14.9 Å². The first-order valence-electron chi connectivity index (χ1n) is 8.48. The lowest BCUT2D eigenvalue weighted by Crippen LogP contribution is -2.45. The molecule has 1 saturated heterocycles. The molecule has 0 N–H and O–H groups in total. The minimum Gasteiger partial charge on any atom is -0.458 e. The maximum Gasteiger partial charge on any atom is 0.316 e. The second kappa shape index (κ2) is 7.49. The fourth-order valence-corrected chi connectivity index (χ4v) is 3.31. The molecule has 1 fully saturated rings. The van der Waals surface area contributed by atoms with E-state index in [1.807, 2.05) is 23.1 Å². The lowest BCUT2D eigenvalue weighted by molar-refractivity contribution is -0.133. The Bertz CT molecular complexity index is 800. The fraction of sp³-hybridized carbons (Fsp3) is 0.389. The van der Waals surface area contributed by atoms with Crippen LogP contribution in [0.15, 0.2) is 35.1 Å². The molecule has 2 aliphatic heterocycles. The minimum absolute atomic E-state index is 0.0777. The predicted molar refractivity (Wildman–Crippen MR) is 96.2 cm³/mol. The number of amides is 1. The van der Waals surface area contributed by atoms with Crippen LogP contribution in [0.25, 0.3) is 0 Å². The highest BCUT2D eigenvalue weighted by molar-refractivity contribution is 9.10. The molecule has 3 heterocycles. The zero-order valence-corrected chi connectivity index (χ0v) is 15.6. The summed E-state index contributed by atoms with van der Waals surface area (Å²) in [5, 5.41) is 0. The Hall–Kier alpha value is -2.35. The van der Waals surface area contributed by atoms with E-state index in [9.17, 15) is 4.79 Å². The van der Waals surface area contributed by atoms with Crippen LogP contribution in [0.3, 0.4) is 0 Å². The summed E-state index contributed by atoms with van der Waals surface area (Å²) >= 11 is 3.30. The Morgan fingerprint density at radius 1 is 1.27 bits per heavy atom. The minimum atomic E-state index is -0.0920. The Balaban J connectivity index is 1.36. The first kappa shape index (κ1) is 17.1. The smallest absolute Gasteiger partial charge is 0.316 e. The third-order valence-electron chi connectivity index (χ3n) is 4.39. The van der Waals surface area contributed by atoms with E-state index in [4.69, 9.17) is 14.2 Å². The lowest BCUT2D eigenvalue weighted by atomic mass is 10.1. The third kappa shape index (κ3) is 3.90. The summed E-state index contributed by atoms with van der Waals surface area (Å²) < 4.78 is 17.3. The topological polar surface area (TPSA) is 73.8 Å². The van der Waals surface area contributed by atoms with Crippen molar-refractivity contribution in [1.29, 1.82) is 0 Å². The third-order valence-corrected chi connectivity index (χ3v) is 4.80. The summed E-state index contributed by atoms with van der Waals surface area (Å²) in [6, 6.07) is 5.95. The average Bonchev–Trinajstić information content (AvgIpc) is 3.12. The van der Waals surface area contributed by atoms with E-state index in [0.717, 1.165) is 35.2 Å². The van der Waals surface area contributed by atoms with Gasteiger partial charge in [-0.25, -0.2) is 9.97 Å². The van der Waals surface area contributed by atoms with E-state index >= 15 is 0 Å². The second-order valence-corrected chi connectivity index (χ2v) is 7.19. The van der Waals surface area contributed by atoms with Crippen molar-refractivity contribution in [2.24, 2.45) is 0 Å². The van der Waals surface area contributed by atoms with Crippen LogP contribution in [0.2, 0.25) is 0 Å².